The van der Waals surface area contributed by atoms with Crippen molar-refractivity contribution in [3.8, 4) is 11.8 Å². The van der Waals surface area contributed by atoms with Crippen molar-refractivity contribution in [3.05, 3.63) is 59.4 Å². The zero-order chi connectivity index (χ0) is 19.1. The lowest BCUT2D eigenvalue weighted by atomic mass is 10.1. The number of hydrogen-bond acceptors (Lipinski definition) is 4. The minimum atomic E-state index is -0.447. The van der Waals surface area contributed by atoms with Crippen molar-refractivity contribution >= 4 is 11.6 Å². The van der Waals surface area contributed by atoms with E-state index in [1.54, 1.807) is 43.3 Å². The van der Waals surface area contributed by atoms with Crippen LogP contribution in [-0.4, -0.2) is 30.5 Å². The molecule has 0 spiro atoms. The predicted octanol–water partition coefficient (Wildman–Crippen LogP) is 3.56. The Morgan fingerprint density at radius 2 is 2.08 bits per heavy atom. The Morgan fingerprint density at radius 3 is 2.69 bits per heavy atom. The zero-order valence-corrected chi connectivity index (χ0v) is 15.1. The van der Waals surface area contributed by atoms with Crippen molar-refractivity contribution in [3.63, 3.8) is 0 Å². The molecule has 0 aliphatic carbocycles. The summed E-state index contributed by atoms with van der Waals surface area (Å²) in [6, 6.07) is 13.2. The average Bonchev–Trinajstić information content (AvgIpc) is 2.66. The Morgan fingerprint density at radius 1 is 1.35 bits per heavy atom. The first-order chi connectivity index (χ1) is 12.5. The van der Waals surface area contributed by atoms with Gasteiger partial charge in [-0.1, -0.05) is 25.1 Å². The number of carbonyl (C=O) groups is 1. The predicted molar refractivity (Wildman–Crippen MR) is 98.3 cm³/mol. The number of rotatable bonds is 7. The summed E-state index contributed by atoms with van der Waals surface area (Å²) in [5, 5.41) is 11.9. The maximum Gasteiger partial charge on any atom is 0.241 e. The Balaban J connectivity index is 2.10. The molecule has 0 saturated heterocycles. The van der Waals surface area contributed by atoms with Gasteiger partial charge in [0.25, 0.3) is 0 Å². The molecule has 0 aliphatic rings. The highest BCUT2D eigenvalue weighted by atomic mass is 19.1. The molecule has 2 aromatic rings. The maximum absolute atomic E-state index is 13.9. The summed E-state index contributed by atoms with van der Waals surface area (Å²) in [4.78, 5) is 14.5. The minimum absolute atomic E-state index is 0.190. The van der Waals surface area contributed by atoms with E-state index in [0.717, 1.165) is 5.56 Å². The van der Waals surface area contributed by atoms with Crippen LogP contribution in [0.4, 0.5) is 10.1 Å². The molecule has 5 nitrogen and oxygen atoms in total. The second-order valence-electron chi connectivity index (χ2n) is 5.85. The number of benzene rings is 2. The number of para-hydroxylation sites is 1. The van der Waals surface area contributed by atoms with E-state index in [4.69, 9.17) is 10.00 Å². The van der Waals surface area contributed by atoms with Gasteiger partial charge in [-0.25, -0.2) is 4.39 Å². The molecule has 0 radical (unpaired) electrons. The number of likely N-dealkylation sites (N-methyl/N-ethyl adjacent to an activating group) is 1. The molecule has 0 saturated carbocycles. The molecule has 0 fully saturated rings. The van der Waals surface area contributed by atoms with Crippen LogP contribution in [0, 0.1) is 17.1 Å². The standard InChI is InChI=1S/C20H22FN3O2/c1-4-24(13-15-9-10-19(26-3)17(21)11-15)14(2)20(25)23-18-8-6-5-7-16(18)12-22/h5-11,14H,4,13H2,1-3H3,(H,23,25)/t14-/m1/s1. The lowest BCUT2D eigenvalue weighted by molar-refractivity contribution is -0.120. The molecule has 136 valence electrons. The number of methoxy groups -OCH3 is 1. The van der Waals surface area contributed by atoms with Crippen LogP contribution in [0.2, 0.25) is 0 Å². The highest BCUT2D eigenvalue weighted by Gasteiger charge is 2.21. The molecule has 0 bridgehead atoms. The highest BCUT2D eigenvalue weighted by molar-refractivity contribution is 5.95. The number of carbonyl (C=O) groups excluding carboxylic acids is 1. The topological polar surface area (TPSA) is 65.4 Å². The number of halogens is 1. The van der Waals surface area contributed by atoms with Crippen LogP contribution in [0.15, 0.2) is 42.5 Å². The van der Waals surface area contributed by atoms with E-state index in [-0.39, 0.29) is 11.7 Å². The molecule has 2 rings (SSSR count). The fourth-order valence-corrected chi connectivity index (χ4v) is 2.66. The van der Waals surface area contributed by atoms with Crippen LogP contribution in [0.3, 0.4) is 0 Å². The van der Waals surface area contributed by atoms with Gasteiger partial charge >= 0.3 is 0 Å². The lowest BCUT2D eigenvalue weighted by Gasteiger charge is -2.27. The van der Waals surface area contributed by atoms with E-state index in [9.17, 15) is 9.18 Å². The van der Waals surface area contributed by atoms with E-state index >= 15 is 0 Å². The van der Waals surface area contributed by atoms with Gasteiger partial charge in [0.15, 0.2) is 11.6 Å². The van der Waals surface area contributed by atoms with Crippen molar-refractivity contribution in [2.45, 2.75) is 26.4 Å². The molecule has 1 amide bonds. The Labute approximate surface area is 153 Å². The van der Waals surface area contributed by atoms with Gasteiger partial charge in [0.05, 0.1) is 24.4 Å². The summed E-state index contributed by atoms with van der Waals surface area (Å²) in [5.41, 5.74) is 1.65. The molecule has 6 heteroatoms. The van der Waals surface area contributed by atoms with Gasteiger partial charge in [-0.2, -0.15) is 5.26 Å². The van der Waals surface area contributed by atoms with Crippen LogP contribution >= 0.6 is 0 Å². The van der Waals surface area contributed by atoms with Gasteiger partial charge in [0.2, 0.25) is 5.91 Å². The monoisotopic (exact) mass is 355 g/mol. The number of nitrogens with zero attached hydrogens (tertiary/aromatic N) is 2. The van der Waals surface area contributed by atoms with E-state index in [0.29, 0.717) is 24.3 Å². The Hall–Kier alpha value is -2.91. The summed E-state index contributed by atoms with van der Waals surface area (Å²) in [6.07, 6.45) is 0. The number of nitriles is 1. The van der Waals surface area contributed by atoms with Crippen LogP contribution in [0.1, 0.15) is 25.0 Å². The zero-order valence-electron chi connectivity index (χ0n) is 15.1. The average molecular weight is 355 g/mol. The van der Waals surface area contributed by atoms with Gasteiger partial charge in [-0.05, 0) is 43.3 Å². The van der Waals surface area contributed by atoms with Crippen molar-refractivity contribution in [2.75, 3.05) is 19.0 Å². The summed E-state index contributed by atoms with van der Waals surface area (Å²) >= 11 is 0. The minimum Gasteiger partial charge on any atom is -0.494 e. The molecule has 26 heavy (non-hydrogen) atoms. The second kappa shape index (κ2) is 8.97. The van der Waals surface area contributed by atoms with Gasteiger partial charge in [-0.3, -0.25) is 9.69 Å². The van der Waals surface area contributed by atoms with Crippen molar-refractivity contribution in [2.24, 2.45) is 0 Å². The first-order valence-corrected chi connectivity index (χ1v) is 8.36. The molecular formula is C20H22FN3O2. The Kier molecular flexibility index (Phi) is 6.70. The summed E-state index contributed by atoms with van der Waals surface area (Å²) in [5.74, 6) is -0.458. The van der Waals surface area contributed by atoms with E-state index < -0.39 is 11.9 Å². The molecule has 0 aromatic heterocycles. The van der Waals surface area contributed by atoms with Gasteiger partial charge in [0, 0.05) is 6.54 Å². The van der Waals surface area contributed by atoms with Crippen LogP contribution < -0.4 is 10.1 Å². The quantitative estimate of drug-likeness (QED) is 0.825. The normalized spacial score (nSPS) is 11.7. The highest BCUT2D eigenvalue weighted by Crippen LogP contribution is 2.20. The lowest BCUT2D eigenvalue weighted by Crippen LogP contribution is -2.41. The van der Waals surface area contributed by atoms with Crippen molar-refractivity contribution in [1.29, 1.82) is 5.26 Å². The molecule has 0 aliphatic heterocycles. The molecule has 2 aromatic carbocycles. The smallest absolute Gasteiger partial charge is 0.241 e. The van der Waals surface area contributed by atoms with E-state index in [1.165, 1.54) is 13.2 Å². The summed E-state index contributed by atoms with van der Waals surface area (Å²) in [7, 11) is 1.42. The summed E-state index contributed by atoms with van der Waals surface area (Å²) in [6.45, 7) is 4.76. The van der Waals surface area contributed by atoms with Crippen molar-refractivity contribution < 1.29 is 13.9 Å². The fraction of sp³-hybridized carbons (Fsp3) is 0.300. The first kappa shape index (κ1) is 19.4. The first-order valence-electron chi connectivity index (χ1n) is 8.36. The molecule has 0 heterocycles. The third-order valence-corrected chi connectivity index (χ3v) is 4.24. The number of anilines is 1. The molecule has 1 atom stereocenters. The Bertz CT molecular complexity index is 817. The van der Waals surface area contributed by atoms with E-state index in [2.05, 4.69) is 11.4 Å². The third-order valence-electron chi connectivity index (χ3n) is 4.24. The largest absolute Gasteiger partial charge is 0.494 e. The van der Waals surface area contributed by atoms with E-state index in [1.807, 2.05) is 11.8 Å². The van der Waals surface area contributed by atoms with Gasteiger partial charge in [-0.15, -0.1) is 0 Å². The summed E-state index contributed by atoms with van der Waals surface area (Å²) < 4.78 is 18.8. The number of nitrogens with one attached hydrogen (secondary N) is 1. The van der Waals surface area contributed by atoms with Gasteiger partial charge < -0.3 is 10.1 Å². The maximum atomic E-state index is 13.9. The fourth-order valence-electron chi connectivity index (χ4n) is 2.66. The number of amides is 1. The van der Waals surface area contributed by atoms with Crippen molar-refractivity contribution in [1.82, 2.24) is 4.90 Å². The number of hydrogen-bond donors (Lipinski definition) is 1. The molecular weight excluding hydrogens is 333 g/mol. The van der Waals surface area contributed by atoms with Gasteiger partial charge in [0.1, 0.15) is 6.07 Å². The van der Waals surface area contributed by atoms with Crippen LogP contribution in [-0.2, 0) is 11.3 Å². The van der Waals surface area contributed by atoms with Crippen LogP contribution in [0.5, 0.6) is 5.75 Å². The molecule has 1 N–H and O–H groups in total. The second-order valence-corrected chi connectivity index (χ2v) is 5.85. The number of ether oxygens (including phenoxy) is 1. The SMILES string of the molecule is CCN(Cc1ccc(OC)c(F)c1)[C@H](C)C(=O)Nc1ccccc1C#N. The van der Waals surface area contributed by atoms with Crippen LogP contribution in [0.25, 0.3) is 0 Å². The molecule has 0 unspecified atom stereocenters. The third kappa shape index (κ3) is 4.58.